The molecule has 1 N–H and O–H groups in total. The molecule has 2 aromatic carbocycles. The van der Waals surface area contributed by atoms with Crippen LogP contribution in [0.15, 0.2) is 53.4 Å². The third-order valence-electron chi connectivity index (χ3n) is 5.65. The lowest BCUT2D eigenvalue weighted by molar-refractivity contribution is -0.122. The van der Waals surface area contributed by atoms with Gasteiger partial charge in [-0.15, -0.1) is 0 Å². The third kappa shape index (κ3) is 4.11. The number of nitrogens with one attached hydrogen (secondary N) is 1. The van der Waals surface area contributed by atoms with Crippen LogP contribution in [0.5, 0.6) is 0 Å². The van der Waals surface area contributed by atoms with Crippen LogP contribution in [0, 0.1) is 12.8 Å². The van der Waals surface area contributed by atoms with Crippen molar-refractivity contribution in [3.05, 3.63) is 54.1 Å². The van der Waals surface area contributed by atoms with Crippen LogP contribution in [-0.2, 0) is 19.6 Å². The van der Waals surface area contributed by atoms with Crippen molar-refractivity contribution in [3.8, 4) is 0 Å². The second-order valence-corrected chi connectivity index (χ2v) is 9.81. The number of anilines is 2. The van der Waals surface area contributed by atoms with Crippen LogP contribution in [-0.4, -0.2) is 44.2 Å². The number of amides is 2. The highest BCUT2D eigenvalue weighted by Gasteiger charge is 2.35. The summed E-state index contributed by atoms with van der Waals surface area (Å²) < 4.78 is 27.0. The van der Waals surface area contributed by atoms with Crippen molar-refractivity contribution in [2.75, 3.05) is 29.9 Å². The van der Waals surface area contributed by atoms with Gasteiger partial charge in [0, 0.05) is 37.4 Å². The Morgan fingerprint density at radius 1 is 1.07 bits per heavy atom. The highest BCUT2D eigenvalue weighted by molar-refractivity contribution is 7.89. The average molecular weight is 428 g/mol. The Kier molecular flexibility index (Phi) is 5.62. The smallest absolute Gasteiger partial charge is 0.243 e. The molecule has 0 aliphatic carbocycles. The van der Waals surface area contributed by atoms with Crippen molar-refractivity contribution in [1.29, 1.82) is 0 Å². The molecule has 4 rings (SSSR count). The summed E-state index contributed by atoms with van der Waals surface area (Å²) in [4.78, 5) is 27.0. The second-order valence-electron chi connectivity index (χ2n) is 7.87. The molecule has 2 aromatic rings. The van der Waals surface area contributed by atoms with Crippen molar-refractivity contribution < 1.29 is 18.0 Å². The molecule has 0 radical (unpaired) electrons. The Morgan fingerprint density at radius 3 is 2.47 bits per heavy atom. The molecule has 0 unspecified atom stereocenters. The fraction of sp³-hybridized carbons (Fsp3) is 0.364. The lowest BCUT2D eigenvalue weighted by atomic mass is 10.1. The molecule has 2 aliphatic rings. The zero-order valence-corrected chi connectivity index (χ0v) is 17.7. The maximum absolute atomic E-state index is 12.8. The Morgan fingerprint density at radius 2 is 1.77 bits per heavy atom. The fourth-order valence-corrected chi connectivity index (χ4v) is 5.48. The van der Waals surface area contributed by atoms with E-state index in [-0.39, 0.29) is 23.1 Å². The monoisotopic (exact) mass is 427 g/mol. The molecule has 8 heteroatoms. The molecule has 2 aliphatic heterocycles. The second kappa shape index (κ2) is 8.20. The van der Waals surface area contributed by atoms with Gasteiger partial charge in [0.25, 0.3) is 0 Å². The quantitative estimate of drug-likeness (QED) is 0.795. The van der Waals surface area contributed by atoms with E-state index in [1.165, 1.54) is 10.4 Å². The van der Waals surface area contributed by atoms with Gasteiger partial charge >= 0.3 is 0 Å². The normalized spacial score (nSPS) is 20.0. The zero-order chi connectivity index (χ0) is 21.3. The number of nitrogens with zero attached hydrogens (tertiary/aromatic N) is 2. The van der Waals surface area contributed by atoms with Crippen molar-refractivity contribution in [2.45, 2.75) is 31.1 Å². The van der Waals surface area contributed by atoms with Crippen molar-refractivity contribution >= 4 is 33.2 Å². The molecular formula is C22H25N3O4S. The van der Waals surface area contributed by atoms with Crippen molar-refractivity contribution in [2.24, 2.45) is 5.92 Å². The predicted octanol–water partition coefficient (Wildman–Crippen LogP) is 2.77. The van der Waals surface area contributed by atoms with Gasteiger partial charge in [0.2, 0.25) is 21.8 Å². The Bertz CT molecular complexity index is 1060. The number of carbonyl (C=O) groups is 2. The van der Waals surface area contributed by atoms with Crippen molar-refractivity contribution in [1.82, 2.24) is 4.31 Å². The van der Waals surface area contributed by atoms with E-state index < -0.39 is 15.9 Å². The summed E-state index contributed by atoms with van der Waals surface area (Å²) in [5, 5.41) is 2.79. The molecule has 0 bridgehead atoms. The topological polar surface area (TPSA) is 86.8 Å². The Balaban J connectivity index is 1.45. The van der Waals surface area contributed by atoms with Crippen LogP contribution in [0.25, 0.3) is 0 Å². The molecule has 7 nitrogen and oxygen atoms in total. The van der Waals surface area contributed by atoms with Gasteiger partial charge in [-0.1, -0.05) is 23.8 Å². The van der Waals surface area contributed by atoms with E-state index in [2.05, 4.69) is 5.32 Å². The van der Waals surface area contributed by atoms with E-state index in [4.69, 9.17) is 0 Å². The van der Waals surface area contributed by atoms with Crippen molar-refractivity contribution in [3.63, 3.8) is 0 Å². The average Bonchev–Trinajstić information content (AvgIpc) is 3.39. The van der Waals surface area contributed by atoms with Crippen LogP contribution >= 0.6 is 0 Å². The largest absolute Gasteiger partial charge is 0.326 e. The summed E-state index contributed by atoms with van der Waals surface area (Å²) in [5.41, 5.74) is 2.30. The fourth-order valence-electron chi connectivity index (χ4n) is 3.91. The van der Waals surface area contributed by atoms with Crippen LogP contribution < -0.4 is 10.2 Å². The molecule has 0 aromatic heterocycles. The lowest BCUT2D eigenvalue weighted by Gasteiger charge is -2.18. The van der Waals surface area contributed by atoms with Gasteiger partial charge in [-0.2, -0.15) is 4.31 Å². The summed E-state index contributed by atoms with van der Waals surface area (Å²) in [7, 11) is -3.55. The van der Waals surface area contributed by atoms with E-state index in [0.29, 0.717) is 25.3 Å². The highest BCUT2D eigenvalue weighted by atomic mass is 32.2. The number of hydrogen-bond acceptors (Lipinski definition) is 4. The van der Waals surface area contributed by atoms with Crippen LogP contribution in [0.4, 0.5) is 11.4 Å². The van der Waals surface area contributed by atoms with Crippen LogP contribution in [0.1, 0.15) is 24.8 Å². The lowest BCUT2D eigenvalue weighted by Crippen LogP contribution is -2.29. The van der Waals surface area contributed by atoms with E-state index in [1.807, 2.05) is 31.2 Å². The zero-order valence-electron chi connectivity index (χ0n) is 16.9. The number of sulfonamides is 1. The number of carbonyl (C=O) groups excluding carboxylic acids is 2. The molecule has 2 amide bonds. The first-order valence-electron chi connectivity index (χ1n) is 10.1. The van der Waals surface area contributed by atoms with Crippen LogP contribution in [0.3, 0.4) is 0 Å². The Hall–Kier alpha value is -2.71. The first-order chi connectivity index (χ1) is 14.3. The Labute approximate surface area is 176 Å². The minimum Gasteiger partial charge on any atom is -0.326 e. The SMILES string of the molecule is Cc1ccc(N2C[C@@H](C(=O)Nc3cccc(S(=O)(=O)N4CCCC4)c3)CC2=O)cc1. The summed E-state index contributed by atoms with van der Waals surface area (Å²) in [5.74, 6) is -0.865. The molecule has 30 heavy (non-hydrogen) atoms. The first-order valence-corrected chi connectivity index (χ1v) is 11.6. The predicted molar refractivity (Wildman–Crippen MR) is 115 cm³/mol. The number of rotatable bonds is 5. The van der Waals surface area contributed by atoms with Gasteiger partial charge in [0.1, 0.15) is 0 Å². The minimum atomic E-state index is -3.55. The van der Waals surface area contributed by atoms with Gasteiger partial charge in [0.15, 0.2) is 0 Å². The summed E-state index contributed by atoms with van der Waals surface area (Å²) in [6.07, 6.45) is 1.86. The standard InChI is InChI=1S/C22H25N3O4S/c1-16-7-9-19(10-8-16)25-15-17(13-21(25)26)22(27)23-18-5-4-6-20(14-18)30(28,29)24-11-2-3-12-24/h4-10,14,17H,2-3,11-13,15H2,1H3,(H,23,27)/t17-/m0/s1. The van der Waals surface area contributed by atoms with E-state index >= 15 is 0 Å². The molecule has 2 fully saturated rings. The maximum atomic E-state index is 12.8. The minimum absolute atomic E-state index is 0.0932. The van der Waals surface area contributed by atoms with Gasteiger partial charge < -0.3 is 10.2 Å². The molecular weight excluding hydrogens is 402 g/mol. The molecule has 0 saturated carbocycles. The van der Waals surface area contributed by atoms with Gasteiger partial charge in [0.05, 0.1) is 10.8 Å². The van der Waals surface area contributed by atoms with E-state index in [9.17, 15) is 18.0 Å². The highest BCUT2D eigenvalue weighted by Crippen LogP contribution is 2.27. The van der Waals surface area contributed by atoms with Gasteiger partial charge in [-0.05, 0) is 50.1 Å². The molecule has 1 atom stereocenters. The number of benzene rings is 2. The maximum Gasteiger partial charge on any atom is 0.243 e. The number of aryl methyl sites for hydroxylation is 1. The summed E-state index contributed by atoms with van der Waals surface area (Å²) in [6, 6.07) is 13.9. The molecule has 2 saturated heterocycles. The van der Waals surface area contributed by atoms with Crippen LogP contribution in [0.2, 0.25) is 0 Å². The van der Waals surface area contributed by atoms with Gasteiger partial charge in [-0.3, -0.25) is 9.59 Å². The first kappa shape index (κ1) is 20.6. The number of hydrogen-bond donors (Lipinski definition) is 1. The molecule has 0 spiro atoms. The molecule has 2 heterocycles. The van der Waals surface area contributed by atoms with Gasteiger partial charge in [-0.25, -0.2) is 8.42 Å². The summed E-state index contributed by atoms with van der Waals surface area (Å²) in [6.45, 7) is 3.33. The third-order valence-corrected chi connectivity index (χ3v) is 7.54. The molecule has 158 valence electrons. The van der Waals surface area contributed by atoms with E-state index in [1.54, 1.807) is 23.1 Å². The van der Waals surface area contributed by atoms with E-state index in [0.717, 1.165) is 24.1 Å². The summed E-state index contributed by atoms with van der Waals surface area (Å²) >= 11 is 0.